The minimum atomic E-state index is 0. The van der Waals surface area contributed by atoms with Gasteiger partial charge in [-0.15, -0.1) is 11.6 Å². The van der Waals surface area contributed by atoms with Crippen molar-refractivity contribution in [2.75, 3.05) is 0 Å². The predicted octanol–water partition coefficient (Wildman–Crippen LogP) is 0.237. The Morgan fingerprint density at radius 1 is 1.00 bits per heavy atom. The van der Waals surface area contributed by atoms with Gasteiger partial charge in [0.15, 0.2) is 0 Å². The van der Waals surface area contributed by atoms with E-state index in [2.05, 4.69) is 74.5 Å². The molecule has 0 amide bonds. The van der Waals surface area contributed by atoms with Crippen LogP contribution in [0.1, 0.15) is 37.0 Å². The number of rotatable bonds is 1. The molecule has 3 aromatic rings. The average molecular weight is 501 g/mol. The SMILES string of the molecule is C[C](C)=[Zr+2].[C-]1=C(c2ccoc2)C=CC1.[Cl-].[Cl-].[c-]1cccc2c1Cc1ccccc1-2. The van der Waals surface area contributed by atoms with E-state index >= 15 is 0 Å². The fraction of sp³-hybridized carbons (Fsp3) is 0.160. The largest absolute Gasteiger partial charge is 1.00 e. The maximum absolute atomic E-state index is 4.93. The van der Waals surface area contributed by atoms with Gasteiger partial charge >= 0.3 is 41.3 Å². The molecule has 1 aromatic heterocycles. The van der Waals surface area contributed by atoms with Gasteiger partial charge in [-0.25, -0.2) is 0 Å². The molecule has 0 radical (unpaired) electrons. The maximum Gasteiger partial charge on any atom is 0.0771 e. The van der Waals surface area contributed by atoms with Gasteiger partial charge in [0.25, 0.3) is 0 Å². The van der Waals surface area contributed by atoms with Gasteiger partial charge in [-0.3, -0.25) is 0 Å². The quantitative estimate of drug-likeness (QED) is 0.342. The molecule has 0 N–H and O–H groups in total. The van der Waals surface area contributed by atoms with Crippen LogP contribution in [0.2, 0.25) is 0 Å². The summed E-state index contributed by atoms with van der Waals surface area (Å²) in [7, 11) is 0. The Hall–Kier alpha value is -1.47. The van der Waals surface area contributed by atoms with E-state index in [1.807, 2.05) is 12.1 Å². The zero-order valence-corrected chi connectivity index (χ0v) is 20.5. The normalized spacial score (nSPS) is 11.9. The molecule has 29 heavy (non-hydrogen) atoms. The van der Waals surface area contributed by atoms with Crippen molar-refractivity contribution in [2.45, 2.75) is 26.7 Å². The van der Waals surface area contributed by atoms with Gasteiger partial charge in [-0.1, -0.05) is 53.4 Å². The first kappa shape index (κ1) is 25.6. The van der Waals surface area contributed by atoms with E-state index in [1.165, 1.54) is 25.5 Å². The second-order valence-electron chi connectivity index (χ2n) is 6.61. The van der Waals surface area contributed by atoms with E-state index in [0.717, 1.165) is 24.0 Å². The van der Waals surface area contributed by atoms with E-state index in [4.69, 9.17) is 4.42 Å². The second kappa shape index (κ2) is 13.0. The molecule has 0 saturated heterocycles. The summed E-state index contributed by atoms with van der Waals surface area (Å²) in [6.07, 6.45) is 12.7. The summed E-state index contributed by atoms with van der Waals surface area (Å²) in [5.41, 5.74) is 7.78. The molecule has 0 aliphatic heterocycles. The van der Waals surface area contributed by atoms with Crippen molar-refractivity contribution >= 4 is 8.78 Å². The van der Waals surface area contributed by atoms with Crippen LogP contribution in [0.15, 0.2) is 77.6 Å². The molecule has 0 atom stereocenters. The van der Waals surface area contributed by atoms with Crippen LogP contribution in [-0.4, -0.2) is 3.21 Å². The van der Waals surface area contributed by atoms with Crippen LogP contribution in [0.3, 0.4) is 0 Å². The number of allylic oxidation sites excluding steroid dienone is 4. The smallest absolute Gasteiger partial charge is 0.0771 e. The van der Waals surface area contributed by atoms with E-state index in [-0.39, 0.29) is 24.8 Å². The van der Waals surface area contributed by atoms with E-state index in [1.54, 1.807) is 36.8 Å². The van der Waals surface area contributed by atoms with Crippen molar-refractivity contribution in [3.05, 3.63) is 102 Å². The number of hydrogen-bond donors (Lipinski definition) is 0. The molecule has 4 heteroatoms. The Kier molecular flexibility index (Phi) is 11.4. The van der Waals surface area contributed by atoms with Gasteiger partial charge in [0.05, 0.1) is 6.26 Å². The second-order valence-corrected chi connectivity index (χ2v) is 9.06. The summed E-state index contributed by atoms with van der Waals surface area (Å²) >= 11 is 1.55. The van der Waals surface area contributed by atoms with Crippen LogP contribution in [0.5, 0.6) is 0 Å². The van der Waals surface area contributed by atoms with Gasteiger partial charge < -0.3 is 29.2 Å². The van der Waals surface area contributed by atoms with Crippen molar-refractivity contribution in [2.24, 2.45) is 0 Å². The molecule has 148 valence electrons. The van der Waals surface area contributed by atoms with Crippen LogP contribution in [0.4, 0.5) is 0 Å². The summed E-state index contributed by atoms with van der Waals surface area (Å²) < 4.78 is 6.44. The Bertz CT molecular complexity index is 925. The van der Waals surface area contributed by atoms with Gasteiger partial charge in [-0.2, -0.15) is 47.6 Å². The third-order valence-corrected chi connectivity index (χ3v) is 4.14. The Morgan fingerprint density at radius 3 is 2.38 bits per heavy atom. The molecule has 2 aliphatic carbocycles. The summed E-state index contributed by atoms with van der Waals surface area (Å²) in [4.78, 5) is 0. The zero-order chi connectivity index (χ0) is 19.1. The van der Waals surface area contributed by atoms with Crippen molar-refractivity contribution < 1.29 is 53.5 Å². The van der Waals surface area contributed by atoms with E-state index in [0.29, 0.717) is 0 Å². The van der Waals surface area contributed by atoms with Gasteiger partial charge in [-0.05, 0) is 6.42 Å². The van der Waals surface area contributed by atoms with Crippen molar-refractivity contribution in [1.82, 2.24) is 0 Å². The van der Waals surface area contributed by atoms with Crippen molar-refractivity contribution in [3.8, 4) is 11.1 Å². The molecule has 2 aliphatic rings. The van der Waals surface area contributed by atoms with E-state index < -0.39 is 0 Å². The number of halogens is 2. The van der Waals surface area contributed by atoms with Crippen LogP contribution in [0.25, 0.3) is 16.7 Å². The molecule has 1 heterocycles. The first-order valence-corrected chi connectivity index (χ1v) is 10.3. The summed E-state index contributed by atoms with van der Waals surface area (Å²) in [6, 6.07) is 20.1. The number of benzene rings is 2. The Labute approximate surface area is 201 Å². The molecule has 1 nitrogen and oxygen atoms in total. The minimum absolute atomic E-state index is 0. The molecule has 0 fully saturated rings. The number of furan rings is 1. The number of fused-ring (bicyclic) bond motifs is 3. The molecular formula is C25H22Cl2OZr-2. The first-order valence-electron chi connectivity index (χ1n) is 9.04. The molecule has 0 spiro atoms. The first-order chi connectivity index (χ1) is 13.1. The average Bonchev–Trinajstić information content (AvgIpc) is 3.41. The van der Waals surface area contributed by atoms with Crippen molar-refractivity contribution in [3.63, 3.8) is 0 Å². The maximum atomic E-state index is 4.93. The fourth-order valence-electron chi connectivity index (χ4n) is 3.02. The predicted molar refractivity (Wildman–Crippen MR) is 109 cm³/mol. The third-order valence-electron chi connectivity index (χ3n) is 4.14. The minimum Gasteiger partial charge on any atom is -1.00 e. The monoisotopic (exact) mass is 498 g/mol. The van der Waals surface area contributed by atoms with Crippen molar-refractivity contribution in [1.29, 1.82) is 0 Å². The van der Waals surface area contributed by atoms with E-state index in [9.17, 15) is 0 Å². The molecule has 5 rings (SSSR count). The topological polar surface area (TPSA) is 13.1 Å². The summed E-state index contributed by atoms with van der Waals surface area (Å²) in [6.45, 7) is 4.25. The Balaban J connectivity index is 0.000000237. The van der Waals surface area contributed by atoms with Gasteiger partial charge in [0.2, 0.25) is 0 Å². The van der Waals surface area contributed by atoms with Crippen LogP contribution in [-0.2, 0) is 30.7 Å². The molecular weight excluding hydrogens is 478 g/mol. The number of hydrogen-bond acceptors (Lipinski definition) is 1. The van der Waals surface area contributed by atoms with Crippen LogP contribution >= 0.6 is 0 Å². The third kappa shape index (κ3) is 7.38. The molecule has 0 saturated carbocycles. The summed E-state index contributed by atoms with van der Waals surface area (Å²) in [5.74, 6) is 0. The van der Waals surface area contributed by atoms with Gasteiger partial charge in [0, 0.05) is 6.26 Å². The molecule has 2 aromatic carbocycles. The van der Waals surface area contributed by atoms with Crippen LogP contribution in [0, 0.1) is 12.1 Å². The Morgan fingerprint density at radius 2 is 1.72 bits per heavy atom. The molecule has 0 bridgehead atoms. The van der Waals surface area contributed by atoms with Gasteiger partial charge in [0.1, 0.15) is 0 Å². The van der Waals surface area contributed by atoms with Crippen LogP contribution < -0.4 is 24.8 Å². The standard InChI is InChI=1S/C13H9.C9H7O.C3H6.2ClH.Zr/c1-3-7-12-10(5-1)9-11-6-2-4-8-13(11)12;1-2-4-8(3-1)9-5-6-10-7-9;1-3-2;;;/h1-5,7-8H,9H2;1,3,5-7H,2H2;1-2H3;2*1H;/q2*-1;;;;+2/p-2. The molecule has 0 unspecified atom stereocenters. The zero-order valence-electron chi connectivity index (χ0n) is 16.5. The fourth-order valence-corrected chi connectivity index (χ4v) is 3.02. The summed E-state index contributed by atoms with van der Waals surface area (Å²) in [5, 5.41) is 0.